The van der Waals surface area contributed by atoms with E-state index in [1.165, 1.54) is 0 Å². The molecule has 0 fully saturated rings. The summed E-state index contributed by atoms with van der Waals surface area (Å²) >= 11 is 0. The number of aromatic amines is 1. The summed E-state index contributed by atoms with van der Waals surface area (Å²) in [6.45, 7) is 21.0. The Bertz CT molecular complexity index is 1470. The summed E-state index contributed by atoms with van der Waals surface area (Å²) in [6.07, 6.45) is 5.79. The van der Waals surface area contributed by atoms with Crippen LogP contribution < -0.4 is 32.4 Å². The molecule has 3 rings (SSSR count). The van der Waals surface area contributed by atoms with Crippen molar-refractivity contribution in [2.24, 2.45) is 11.5 Å². The molecule has 0 saturated heterocycles. The number of alkyl carbamates (subject to hydrolysis) is 1. The molecule has 2 aromatic carbocycles. The number of ether oxygens (including phenoxy) is 2. The first-order valence-corrected chi connectivity index (χ1v) is 21.1. The standard InChI is InChI=1S/C29H43N3O3Si.C10H22N2O2/c1-29(2,3)36(4,5)35-26(20-31-19-11-7-10-18-30)23-14-16-25(28-24(23)15-17-27(33)32-28)34-21-22-12-8-6-9-13-22;1-10(2,3)14-9(13)12-8-6-4-5-7-11/h6,8-9,12-17,26,31H,7,10-11,18-21,30H2,1-5H3,(H,32,33);4-8,11H2,1-3H3,(H,12,13)/t26-;/m0./s1. The smallest absolute Gasteiger partial charge is 0.407 e. The van der Waals surface area contributed by atoms with Crippen molar-refractivity contribution < 1.29 is 18.7 Å². The normalized spacial score (nSPS) is 12.6. The van der Waals surface area contributed by atoms with Crippen molar-refractivity contribution in [3.63, 3.8) is 0 Å². The molecule has 0 radical (unpaired) electrons. The van der Waals surface area contributed by atoms with Crippen molar-refractivity contribution in [3.05, 3.63) is 76.1 Å². The summed E-state index contributed by atoms with van der Waals surface area (Å²) in [4.78, 5) is 26.4. The van der Waals surface area contributed by atoms with Gasteiger partial charge in [0, 0.05) is 24.5 Å². The van der Waals surface area contributed by atoms with Gasteiger partial charge in [0.05, 0.1) is 11.6 Å². The van der Waals surface area contributed by atoms with Crippen LogP contribution in [-0.4, -0.2) is 57.7 Å². The number of nitrogens with one attached hydrogen (secondary N) is 3. The highest BCUT2D eigenvalue weighted by atomic mass is 28.4. The fourth-order valence-corrected chi connectivity index (χ4v) is 6.16. The molecule has 1 aromatic heterocycles. The van der Waals surface area contributed by atoms with Gasteiger partial charge in [-0.25, -0.2) is 4.79 Å². The molecule has 0 aliphatic heterocycles. The van der Waals surface area contributed by atoms with Crippen molar-refractivity contribution in [1.29, 1.82) is 0 Å². The number of pyridine rings is 1. The second-order valence-electron chi connectivity index (χ2n) is 15.2. The topological polar surface area (TPSA) is 154 Å². The minimum Gasteiger partial charge on any atom is -0.487 e. The third kappa shape index (κ3) is 15.8. The van der Waals surface area contributed by atoms with Crippen LogP contribution in [0.15, 0.2) is 59.4 Å². The largest absolute Gasteiger partial charge is 0.487 e. The second kappa shape index (κ2) is 21.2. The molecule has 280 valence electrons. The number of fused-ring (bicyclic) bond motifs is 1. The lowest BCUT2D eigenvalue weighted by Gasteiger charge is -2.39. The fourth-order valence-electron chi connectivity index (χ4n) is 4.89. The van der Waals surface area contributed by atoms with E-state index in [9.17, 15) is 9.59 Å². The quantitative estimate of drug-likeness (QED) is 0.0671. The molecule has 1 atom stereocenters. The third-order valence-electron chi connectivity index (χ3n) is 8.65. The highest BCUT2D eigenvalue weighted by Crippen LogP contribution is 2.41. The molecule has 11 heteroatoms. The van der Waals surface area contributed by atoms with Crippen molar-refractivity contribution in [3.8, 4) is 5.75 Å². The third-order valence-corrected chi connectivity index (χ3v) is 13.1. The lowest BCUT2D eigenvalue weighted by Crippen LogP contribution is -2.43. The maximum Gasteiger partial charge on any atom is 0.407 e. The highest BCUT2D eigenvalue weighted by molar-refractivity contribution is 6.74. The lowest BCUT2D eigenvalue weighted by atomic mass is 10.0. The van der Waals surface area contributed by atoms with Gasteiger partial charge in [-0.05, 0) is 107 Å². The second-order valence-corrected chi connectivity index (χ2v) is 20.0. The summed E-state index contributed by atoms with van der Waals surface area (Å²) in [5.74, 6) is 0.663. The van der Waals surface area contributed by atoms with Crippen LogP contribution in [0.5, 0.6) is 5.75 Å². The molecule has 3 aromatic rings. The summed E-state index contributed by atoms with van der Waals surface area (Å²) in [5, 5.41) is 7.33. The SMILES string of the molecule is CC(C)(C)OC(=O)NCCCCCN.CC(C)(C)[Si](C)(C)O[C@@H](CNCCCCCN)c1ccc(OCc2ccccc2)c2[nH]c(=O)ccc12. The van der Waals surface area contributed by atoms with Crippen molar-refractivity contribution in [1.82, 2.24) is 15.6 Å². The van der Waals surface area contributed by atoms with Gasteiger partial charge in [-0.2, -0.15) is 0 Å². The predicted molar refractivity (Wildman–Crippen MR) is 209 cm³/mol. The molecule has 0 unspecified atom stereocenters. The summed E-state index contributed by atoms with van der Waals surface area (Å²) < 4.78 is 18.2. The number of H-pyrrole nitrogens is 1. The summed E-state index contributed by atoms with van der Waals surface area (Å²) in [7, 11) is -2.06. The van der Waals surface area contributed by atoms with Crippen LogP contribution in [0, 0.1) is 0 Å². The molecule has 50 heavy (non-hydrogen) atoms. The average molecular weight is 712 g/mol. The zero-order valence-corrected chi connectivity index (χ0v) is 33.0. The Labute approximate surface area is 301 Å². The molecular formula is C39H65N5O5Si. The monoisotopic (exact) mass is 711 g/mol. The van der Waals surface area contributed by atoms with E-state index in [1.54, 1.807) is 6.07 Å². The number of hydrogen-bond donors (Lipinski definition) is 5. The van der Waals surface area contributed by atoms with E-state index in [-0.39, 0.29) is 22.8 Å². The zero-order chi connectivity index (χ0) is 37.2. The van der Waals surface area contributed by atoms with Gasteiger partial charge in [0.2, 0.25) is 5.56 Å². The van der Waals surface area contributed by atoms with Crippen LogP contribution in [0.4, 0.5) is 4.79 Å². The molecule has 0 aliphatic rings. The summed E-state index contributed by atoms with van der Waals surface area (Å²) in [5.41, 5.74) is 13.3. The van der Waals surface area contributed by atoms with Gasteiger partial charge < -0.3 is 41.0 Å². The van der Waals surface area contributed by atoms with E-state index in [0.29, 0.717) is 37.5 Å². The maximum absolute atomic E-state index is 12.3. The number of nitrogens with two attached hydrogens (primary N) is 2. The number of carbonyl (C=O) groups excluding carboxylic acids is 1. The molecule has 7 N–H and O–H groups in total. The van der Waals surface area contributed by atoms with Crippen LogP contribution >= 0.6 is 0 Å². The van der Waals surface area contributed by atoms with Crippen molar-refractivity contribution >= 4 is 25.3 Å². The van der Waals surface area contributed by atoms with Crippen LogP contribution in [0.3, 0.4) is 0 Å². The van der Waals surface area contributed by atoms with Gasteiger partial charge in [-0.3, -0.25) is 4.79 Å². The first-order chi connectivity index (χ1) is 23.6. The van der Waals surface area contributed by atoms with Gasteiger partial charge in [0.25, 0.3) is 0 Å². The van der Waals surface area contributed by atoms with Crippen molar-refractivity contribution in [2.75, 3.05) is 32.7 Å². The number of benzene rings is 2. The number of aromatic nitrogens is 1. The van der Waals surface area contributed by atoms with Crippen LogP contribution in [0.2, 0.25) is 18.1 Å². The van der Waals surface area contributed by atoms with Crippen LogP contribution in [-0.2, 0) is 15.8 Å². The Morgan fingerprint density at radius 3 is 2.08 bits per heavy atom. The van der Waals surface area contributed by atoms with E-state index < -0.39 is 13.9 Å². The predicted octanol–water partition coefficient (Wildman–Crippen LogP) is 7.53. The molecule has 1 heterocycles. The van der Waals surface area contributed by atoms with Crippen LogP contribution in [0.25, 0.3) is 10.9 Å². The van der Waals surface area contributed by atoms with Gasteiger partial charge in [0.1, 0.15) is 18.0 Å². The zero-order valence-electron chi connectivity index (χ0n) is 32.0. The molecule has 0 saturated carbocycles. The Kier molecular flexibility index (Phi) is 18.2. The van der Waals surface area contributed by atoms with E-state index in [2.05, 4.69) is 55.5 Å². The molecule has 0 bridgehead atoms. The molecular weight excluding hydrogens is 647 g/mol. The lowest BCUT2D eigenvalue weighted by molar-refractivity contribution is 0.0527. The van der Waals surface area contributed by atoms with Crippen LogP contribution in [0.1, 0.15) is 97.3 Å². The average Bonchev–Trinajstić information content (AvgIpc) is 3.04. The molecule has 0 spiro atoms. The number of rotatable bonds is 18. The first kappa shape index (κ1) is 42.9. The number of amides is 1. The minimum atomic E-state index is -2.06. The molecule has 0 aliphatic carbocycles. The summed E-state index contributed by atoms with van der Waals surface area (Å²) in [6, 6.07) is 17.6. The Morgan fingerprint density at radius 1 is 0.840 bits per heavy atom. The van der Waals surface area contributed by atoms with Gasteiger partial charge >= 0.3 is 6.09 Å². The Morgan fingerprint density at radius 2 is 1.48 bits per heavy atom. The van der Waals surface area contributed by atoms with E-state index in [1.807, 2.05) is 63.2 Å². The van der Waals surface area contributed by atoms with E-state index in [0.717, 1.165) is 68.1 Å². The van der Waals surface area contributed by atoms with Gasteiger partial charge in [-0.1, -0.05) is 70.0 Å². The van der Waals surface area contributed by atoms with Crippen molar-refractivity contribution in [2.45, 2.75) is 117 Å². The highest BCUT2D eigenvalue weighted by Gasteiger charge is 2.39. The Balaban J connectivity index is 0.000000523. The molecule has 1 amide bonds. The van der Waals surface area contributed by atoms with E-state index in [4.69, 9.17) is 25.4 Å². The number of unbranched alkanes of at least 4 members (excludes halogenated alkanes) is 4. The van der Waals surface area contributed by atoms with Gasteiger partial charge in [0.15, 0.2) is 8.32 Å². The fraction of sp³-hybridized carbons (Fsp3) is 0.590. The van der Waals surface area contributed by atoms with Gasteiger partial charge in [-0.15, -0.1) is 0 Å². The first-order valence-electron chi connectivity index (χ1n) is 18.2. The minimum absolute atomic E-state index is 0.0786. The maximum atomic E-state index is 12.3. The molecule has 10 nitrogen and oxygen atoms in total. The number of carbonyl (C=O) groups is 1. The Hall–Kier alpha value is -3.22. The number of hydrogen-bond acceptors (Lipinski definition) is 8. The van der Waals surface area contributed by atoms with E-state index >= 15 is 0 Å².